The fourth-order valence-corrected chi connectivity index (χ4v) is 0.217. The van der Waals surface area contributed by atoms with Gasteiger partial charge >= 0.3 is 7.69 Å². The highest BCUT2D eigenvalue weighted by molar-refractivity contribution is 6.15. The largest absolute Gasteiger partial charge is 0.470 e. The van der Waals surface area contributed by atoms with Crippen LogP contribution in [0.5, 0.6) is 0 Å². The van der Waals surface area contributed by atoms with Crippen molar-refractivity contribution in [1.29, 1.82) is 0 Å². The smallest absolute Gasteiger partial charge is 0.428 e. The molecule has 6 heteroatoms. The van der Waals surface area contributed by atoms with E-state index in [1.807, 2.05) is 0 Å². The molecule has 0 amide bonds. The van der Waals surface area contributed by atoms with E-state index in [0.717, 1.165) is 0 Å². The fourth-order valence-electron chi connectivity index (χ4n) is 0.217. The van der Waals surface area contributed by atoms with Gasteiger partial charge in [0.15, 0.2) is 0 Å². The third-order valence-electron chi connectivity index (χ3n) is 0.607. The summed E-state index contributed by atoms with van der Waals surface area (Å²) in [6.07, 6.45) is -0.948. The van der Waals surface area contributed by atoms with Gasteiger partial charge in [0, 0.05) is 0 Å². The Bertz CT molecular complexity index is 60.2. The highest BCUT2D eigenvalue weighted by Crippen LogP contribution is 1.82. The molecule has 3 N–H and O–H groups in total. The van der Waals surface area contributed by atoms with Crippen LogP contribution in [0.3, 0.4) is 0 Å². The SMILES string of the molecule is OBOOCC(O)CO. The fraction of sp³-hybridized carbons (Fsp3) is 1.00. The monoisotopic (exact) mass is 136 g/mol. The first-order valence-electron chi connectivity index (χ1n) is 2.45. The molecular formula is C3H9BO5. The molecular weight excluding hydrogens is 127 g/mol. The Hall–Kier alpha value is -0.135. The first kappa shape index (κ1) is 8.86. The summed E-state index contributed by atoms with van der Waals surface area (Å²) in [7, 11) is -0.557. The predicted molar refractivity (Wildman–Crippen MR) is 29.5 cm³/mol. The van der Waals surface area contributed by atoms with Crippen molar-refractivity contribution in [1.82, 2.24) is 0 Å². The molecule has 1 unspecified atom stereocenters. The quantitative estimate of drug-likeness (QED) is 0.169. The predicted octanol–water partition coefficient (Wildman–Crippen LogP) is -2.45. The Balaban J connectivity index is 2.88. The second kappa shape index (κ2) is 5.99. The number of rotatable bonds is 5. The maximum absolute atomic E-state index is 8.55. The molecule has 0 aromatic carbocycles. The van der Waals surface area contributed by atoms with Gasteiger partial charge in [0.1, 0.15) is 12.7 Å². The van der Waals surface area contributed by atoms with Crippen molar-refractivity contribution in [2.45, 2.75) is 6.10 Å². The van der Waals surface area contributed by atoms with E-state index in [9.17, 15) is 0 Å². The molecule has 0 spiro atoms. The summed E-state index contributed by atoms with van der Waals surface area (Å²) >= 11 is 0. The highest BCUT2D eigenvalue weighted by atomic mass is 17.2. The van der Waals surface area contributed by atoms with Crippen molar-refractivity contribution in [2.75, 3.05) is 13.2 Å². The van der Waals surface area contributed by atoms with Gasteiger partial charge in [-0.1, -0.05) is 0 Å². The molecule has 0 saturated carbocycles. The zero-order valence-corrected chi connectivity index (χ0v) is 4.86. The van der Waals surface area contributed by atoms with Crippen LogP contribution < -0.4 is 0 Å². The molecule has 0 heterocycles. The molecule has 0 radical (unpaired) electrons. The van der Waals surface area contributed by atoms with Gasteiger partial charge in [-0.3, -0.25) is 4.81 Å². The molecule has 0 aliphatic rings. The first-order valence-corrected chi connectivity index (χ1v) is 2.45. The molecule has 0 fully saturated rings. The normalized spacial score (nSPS) is 13.2. The van der Waals surface area contributed by atoms with E-state index in [4.69, 9.17) is 15.2 Å². The van der Waals surface area contributed by atoms with Crippen molar-refractivity contribution >= 4 is 7.69 Å². The van der Waals surface area contributed by atoms with Gasteiger partial charge in [-0.15, -0.1) is 0 Å². The Labute approximate surface area is 53.1 Å². The van der Waals surface area contributed by atoms with Crippen LogP contribution in [0.4, 0.5) is 0 Å². The summed E-state index contributed by atoms with van der Waals surface area (Å²) in [6, 6.07) is 0. The molecule has 0 rings (SSSR count). The van der Waals surface area contributed by atoms with Crippen molar-refractivity contribution in [2.24, 2.45) is 0 Å². The number of aliphatic hydroxyl groups is 2. The molecule has 1 atom stereocenters. The van der Waals surface area contributed by atoms with E-state index in [1.165, 1.54) is 0 Å². The average molecular weight is 136 g/mol. The van der Waals surface area contributed by atoms with Gasteiger partial charge in [0.25, 0.3) is 0 Å². The van der Waals surface area contributed by atoms with Gasteiger partial charge in [0.2, 0.25) is 0 Å². The van der Waals surface area contributed by atoms with Crippen LogP contribution in [0, 0.1) is 0 Å². The lowest BCUT2D eigenvalue weighted by molar-refractivity contribution is -0.234. The lowest BCUT2D eigenvalue weighted by Gasteiger charge is -2.04. The van der Waals surface area contributed by atoms with Crippen LogP contribution in [0.15, 0.2) is 0 Å². The molecule has 0 aliphatic heterocycles. The van der Waals surface area contributed by atoms with Crippen LogP contribution in [-0.4, -0.2) is 42.2 Å². The van der Waals surface area contributed by atoms with Gasteiger partial charge in [-0.05, 0) is 0 Å². The molecule has 0 aromatic rings. The second-order valence-electron chi connectivity index (χ2n) is 1.37. The molecule has 9 heavy (non-hydrogen) atoms. The standard InChI is InChI=1S/C3H9BO5/c5-1-3(6)2-8-9-4-7/h3-7H,1-2H2. The molecule has 0 aliphatic carbocycles. The van der Waals surface area contributed by atoms with Gasteiger partial charge < -0.3 is 15.2 Å². The number of hydrogen-bond donors (Lipinski definition) is 3. The van der Waals surface area contributed by atoms with Gasteiger partial charge in [0.05, 0.1) is 6.61 Å². The van der Waals surface area contributed by atoms with Crippen molar-refractivity contribution in [3.63, 3.8) is 0 Å². The van der Waals surface area contributed by atoms with Crippen LogP contribution in [-0.2, 0) is 9.69 Å². The van der Waals surface area contributed by atoms with Gasteiger partial charge in [-0.25, -0.2) is 4.89 Å². The molecule has 0 bridgehead atoms. The van der Waals surface area contributed by atoms with Gasteiger partial charge in [-0.2, -0.15) is 0 Å². The molecule has 54 valence electrons. The second-order valence-corrected chi connectivity index (χ2v) is 1.37. The molecule has 5 nitrogen and oxygen atoms in total. The van der Waals surface area contributed by atoms with Crippen molar-refractivity contribution < 1.29 is 24.9 Å². The Morgan fingerprint density at radius 1 is 1.56 bits per heavy atom. The summed E-state index contributed by atoms with van der Waals surface area (Å²) in [5.41, 5.74) is 0. The summed E-state index contributed by atoms with van der Waals surface area (Å²) in [5.74, 6) is 0. The summed E-state index contributed by atoms with van der Waals surface area (Å²) in [6.45, 7) is -0.522. The van der Waals surface area contributed by atoms with E-state index in [0.29, 0.717) is 0 Å². The zero-order chi connectivity index (χ0) is 7.11. The lowest BCUT2D eigenvalue weighted by atomic mass is 10.4. The lowest BCUT2D eigenvalue weighted by Crippen LogP contribution is -2.20. The average Bonchev–Trinajstić information content (AvgIpc) is 1.89. The van der Waals surface area contributed by atoms with Crippen molar-refractivity contribution in [3.8, 4) is 0 Å². The third kappa shape index (κ3) is 5.74. The summed E-state index contributed by atoms with van der Waals surface area (Å²) in [4.78, 5) is 8.17. The minimum Gasteiger partial charge on any atom is -0.428 e. The Morgan fingerprint density at radius 3 is 2.67 bits per heavy atom. The topological polar surface area (TPSA) is 79.2 Å². The first-order chi connectivity index (χ1) is 4.31. The molecule has 0 aromatic heterocycles. The Kier molecular flexibility index (Phi) is 5.90. The number of hydrogen-bond acceptors (Lipinski definition) is 5. The maximum Gasteiger partial charge on any atom is 0.470 e. The van der Waals surface area contributed by atoms with Crippen LogP contribution in [0.2, 0.25) is 0 Å². The number of aliphatic hydroxyl groups excluding tert-OH is 2. The van der Waals surface area contributed by atoms with E-state index < -0.39 is 13.8 Å². The highest BCUT2D eigenvalue weighted by Gasteiger charge is 2.00. The zero-order valence-electron chi connectivity index (χ0n) is 4.86. The summed E-state index contributed by atoms with van der Waals surface area (Å²) < 4.78 is 0. The van der Waals surface area contributed by atoms with Crippen molar-refractivity contribution in [3.05, 3.63) is 0 Å². The van der Waals surface area contributed by atoms with E-state index in [2.05, 4.69) is 9.69 Å². The maximum atomic E-state index is 8.55. The van der Waals surface area contributed by atoms with E-state index in [-0.39, 0.29) is 13.2 Å². The van der Waals surface area contributed by atoms with Crippen LogP contribution in [0.25, 0.3) is 0 Å². The van der Waals surface area contributed by atoms with Crippen LogP contribution >= 0.6 is 0 Å². The third-order valence-corrected chi connectivity index (χ3v) is 0.607. The van der Waals surface area contributed by atoms with Crippen LogP contribution in [0.1, 0.15) is 0 Å². The van der Waals surface area contributed by atoms with E-state index in [1.54, 1.807) is 0 Å². The Morgan fingerprint density at radius 2 is 2.22 bits per heavy atom. The molecule has 0 saturated heterocycles. The minimum absolute atomic E-state index is 0.142. The van der Waals surface area contributed by atoms with E-state index >= 15 is 0 Å². The minimum atomic E-state index is -0.948. The summed E-state index contributed by atoms with van der Waals surface area (Å²) in [5, 5.41) is 24.7.